The Morgan fingerprint density at radius 2 is 1.91 bits per heavy atom. The molecule has 1 saturated heterocycles. The van der Waals surface area contributed by atoms with E-state index in [1.165, 1.54) is 0 Å². The van der Waals surface area contributed by atoms with Crippen molar-refractivity contribution in [3.63, 3.8) is 0 Å². The van der Waals surface area contributed by atoms with E-state index in [0.29, 0.717) is 12.8 Å². The molecule has 2 aromatic heterocycles. The van der Waals surface area contributed by atoms with Gasteiger partial charge in [-0.15, -0.1) is 0 Å². The van der Waals surface area contributed by atoms with Crippen LogP contribution in [0.3, 0.4) is 0 Å². The lowest BCUT2D eigenvalue weighted by Crippen LogP contribution is -2.41. The third kappa shape index (κ3) is 4.48. The summed E-state index contributed by atoms with van der Waals surface area (Å²) in [6.07, 6.45) is 11.5. The molecule has 1 fully saturated rings. The van der Waals surface area contributed by atoms with Crippen molar-refractivity contribution < 1.29 is 9.53 Å². The van der Waals surface area contributed by atoms with Crippen molar-refractivity contribution in [3.05, 3.63) is 48.8 Å². The van der Waals surface area contributed by atoms with Crippen LogP contribution in [0.1, 0.15) is 25.0 Å². The summed E-state index contributed by atoms with van der Waals surface area (Å²) in [6, 6.07) is 3.72. The normalized spacial score (nSPS) is 15.4. The molecular formula is C17H20N4O2. The van der Waals surface area contributed by atoms with E-state index in [2.05, 4.69) is 15.0 Å². The van der Waals surface area contributed by atoms with Gasteiger partial charge in [-0.2, -0.15) is 0 Å². The summed E-state index contributed by atoms with van der Waals surface area (Å²) in [7, 11) is 0. The van der Waals surface area contributed by atoms with E-state index in [1.54, 1.807) is 31.0 Å². The molecular weight excluding hydrogens is 292 g/mol. The van der Waals surface area contributed by atoms with Crippen LogP contribution < -0.4 is 4.74 Å². The number of aryl methyl sites for hydroxylation is 1. The van der Waals surface area contributed by atoms with Crippen molar-refractivity contribution in [1.29, 1.82) is 0 Å². The molecule has 0 unspecified atom stereocenters. The average molecular weight is 312 g/mol. The van der Waals surface area contributed by atoms with Gasteiger partial charge in [-0.05, 0) is 18.6 Å². The van der Waals surface area contributed by atoms with Gasteiger partial charge in [-0.25, -0.2) is 0 Å². The zero-order valence-corrected chi connectivity index (χ0v) is 13.0. The minimum atomic E-state index is 0.168. The van der Waals surface area contributed by atoms with Gasteiger partial charge in [-0.3, -0.25) is 19.7 Å². The maximum atomic E-state index is 12.3. The minimum Gasteiger partial charge on any atom is -0.490 e. The van der Waals surface area contributed by atoms with E-state index in [9.17, 15) is 4.79 Å². The monoisotopic (exact) mass is 312 g/mol. The molecule has 3 rings (SSSR count). The molecule has 23 heavy (non-hydrogen) atoms. The molecule has 1 aliphatic heterocycles. The quantitative estimate of drug-likeness (QED) is 0.843. The molecule has 6 heteroatoms. The minimum absolute atomic E-state index is 0.168. The van der Waals surface area contributed by atoms with Gasteiger partial charge in [0, 0.05) is 63.3 Å². The highest BCUT2D eigenvalue weighted by Gasteiger charge is 2.23. The fraction of sp³-hybridized carbons (Fsp3) is 0.412. The van der Waals surface area contributed by atoms with Crippen molar-refractivity contribution in [1.82, 2.24) is 19.9 Å². The van der Waals surface area contributed by atoms with E-state index in [4.69, 9.17) is 4.74 Å². The van der Waals surface area contributed by atoms with Crippen molar-refractivity contribution in [2.75, 3.05) is 13.1 Å². The van der Waals surface area contributed by atoms with Crippen LogP contribution in [0.15, 0.2) is 43.1 Å². The number of carbonyl (C=O) groups is 1. The molecule has 0 saturated carbocycles. The Morgan fingerprint density at radius 1 is 1.13 bits per heavy atom. The number of pyridine rings is 1. The molecule has 6 nitrogen and oxygen atoms in total. The Kier molecular flexibility index (Phi) is 5.13. The molecule has 2 aromatic rings. The number of hydrogen-bond acceptors (Lipinski definition) is 5. The highest BCUT2D eigenvalue weighted by atomic mass is 16.5. The van der Waals surface area contributed by atoms with Gasteiger partial charge in [0.2, 0.25) is 5.91 Å². The lowest BCUT2D eigenvalue weighted by Gasteiger charge is -2.32. The average Bonchev–Trinajstić information content (AvgIpc) is 2.62. The Bertz CT molecular complexity index is 613. The molecule has 1 amide bonds. The summed E-state index contributed by atoms with van der Waals surface area (Å²) in [6.45, 7) is 1.49. The molecule has 0 N–H and O–H groups in total. The van der Waals surface area contributed by atoms with Crippen molar-refractivity contribution in [2.45, 2.75) is 31.8 Å². The van der Waals surface area contributed by atoms with Crippen LogP contribution in [0.2, 0.25) is 0 Å². The predicted octanol–water partition coefficient (Wildman–Crippen LogP) is 1.87. The number of amides is 1. The number of nitrogens with zero attached hydrogens (tertiary/aromatic N) is 4. The third-order valence-corrected chi connectivity index (χ3v) is 3.96. The van der Waals surface area contributed by atoms with Gasteiger partial charge < -0.3 is 9.64 Å². The standard InChI is InChI=1S/C17H20N4O2/c22-17(2-1-14-13-19-9-10-20-14)21-11-5-16(6-12-21)23-15-3-7-18-8-4-15/h3-4,7-10,13,16H,1-2,5-6,11-12H2. The first-order valence-corrected chi connectivity index (χ1v) is 7.90. The zero-order chi connectivity index (χ0) is 15.9. The van der Waals surface area contributed by atoms with Gasteiger partial charge >= 0.3 is 0 Å². The van der Waals surface area contributed by atoms with Gasteiger partial charge in [0.05, 0.1) is 5.69 Å². The van der Waals surface area contributed by atoms with Crippen LogP contribution in [-0.2, 0) is 11.2 Å². The van der Waals surface area contributed by atoms with E-state index in [0.717, 1.165) is 37.4 Å². The topological polar surface area (TPSA) is 68.2 Å². The molecule has 1 aliphatic rings. The second-order valence-corrected chi connectivity index (χ2v) is 5.58. The maximum Gasteiger partial charge on any atom is 0.222 e. The van der Waals surface area contributed by atoms with Crippen molar-refractivity contribution in [3.8, 4) is 5.75 Å². The fourth-order valence-electron chi connectivity index (χ4n) is 2.68. The second-order valence-electron chi connectivity index (χ2n) is 5.58. The van der Waals surface area contributed by atoms with E-state index >= 15 is 0 Å². The summed E-state index contributed by atoms with van der Waals surface area (Å²) >= 11 is 0. The summed E-state index contributed by atoms with van der Waals surface area (Å²) in [5.74, 6) is 1.02. The van der Waals surface area contributed by atoms with E-state index < -0.39 is 0 Å². The number of aromatic nitrogens is 3. The molecule has 0 spiro atoms. The van der Waals surface area contributed by atoms with Gasteiger partial charge in [0.25, 0.3) is 0 Å². The van der Waals surface area contributed by atoms with Gasteiger partial charge in [-0.1, -0.05) is 0 Å². The molecule has 0 aliphatic carbocycles. The lowest BCUT2D eigenvalue weighted by atomic mass is 10.1. The Hall–Kier alpha value is -2.50. The Morgan fingerprint density at radius 3 is 2.61 bits per heavy atom. The van der Waals surface area contributed by atoms with Crippen molar-refractivity contribution >= 4 is 5.91 Å². The molecule has 3 heterocycles. The fourth-order valence-corrected chi connectivity index (χ4v) is 2.68. The van der Waals surface area contributed by atoms with Crippen LogP contribution in [-0.4, -0.2) is 45.0 Å². The SMILES string of the molecule is O=C(CCc1cnccn1)N1CCC(Oc2ccncc2)CC1. The Balaban J connectivity index is 1.42. The summed E-state index contributed by atoms with van der Waals surface area (Å²) < 4.78 is 5.92. The number of hydrogen-bond donors (Lipinski definition) is 0. The Labute approximate surface area is 135 Å². The number of piperidine rings is 1. The van der Waals surface area contributed by atoms with E-state index in [1.807, 2.05) is 17.0 Å². The molecule has 0 bridgehead atoms. The number of rotatable bonds is 5. The number of carbonyl (C=O) groups excluding carboxylic acids is 1. The highest BCUT2D eigenvalue weighted by Crippen LogP contribution is 2.18. The second kappa shape index (κ2) is 7.67. The van der Waals surface area contributed by atoms with Crippen LogP contribution in [0.5, 0.6) is 5.75 Å². The van der Waals surface area contributed by atoms with E-state index in [-0.39, 0.29) is 12.0 Å². The first-order chi connectivity index (χ1) is 11.3. The number of ether oxygens (including phenoxy) is 1. The molecule has 0 radical (unpaired) electrons. The predicted molar refractivity (Wildman–Crippen MR) is 84.8 cm³/mol. The first kappa shape index (κ1) is 15.4. The highest BCUT2D eigenvalue weighted by molar-refractivity contribution is 5.76. The van der Waals surface area contributed by atoms with Crippen LogP contribution in [0.25, 0.3) is 0 Å². The summed E-state index contributed by atoms with van der Waals surface area (Å²) in [4.78, 5) is 26.4. The molecule has 120 valence electrons. The number of likely N-dealkylation sites (tertiary alicyclic amines) is 1. The first-order valence-electron chi connectivity index (χ1n) is 7.90. The van der Waals surface area contributed by atoms with Crippen LogP contribution in [0, 0.1) is 0 Å². The zero-order valence-electron chi connectivity index (χ0n) is 13.0. The summed E-state index contributed by atoms with van der Waals surface area (Å²) in [5, 5.41) is 0. The molecule has 0 atom stereocenters. The van der Waals surface area contributed by atoms with Crippen LogP contribution in [0.4, 0.5) is 0 Å². The van der Waals surface area contributed by atoms with Gasteiger partial charge in [0.1, 0.15) is 11.9 Å². The summed E-state index contributed by atoms with van der Waals surface area (Å²) in [5.41, 5.74) is 0.858. The smallest absolute Gasteiger partial charge is 0.222 e. The third-order valence-electron chi connectivity index (χ3n) is 3.96. The van der Waals surface area contributed by atoms with Crippen molar-refractivity contribution in [2.24, 2.45) is 0 Å². The van der Waals surface area contributed by atoms with Crippen LogP contribution >= 0.6 is 0 Å². The molecule has 0 aromatic carbocycles. The maximum absolute atomic E-state index is 12.3. The lowest BCUT2D eigenvalue weighted by molar-refractivity contribution is -0.132. The van der Waals surface area contributed by atoms with Gasteiger partial charge in [0.15, 0.2) is 0 Å². The largest absolute Gasteiger partial charge is 0.490 e.